The van der Waals surface area contributed by atoms with Gasteiger partial charge in [0.25, 0.3) is 5.91 Å². The fourth-order valence-electron chi connectivity index (χ4n) is 2.25. The third kappa shape index (κ3) is 4.65. The van der Waals surface area contributed by atoms with Crippen LogP contribution >= 0.6 is 0 Å². The SMILES string of the molecule is CCC(C)c1ccccc1NC(=O)COC(=O)c1ccc(F)cc1. The number of amides is 1. The maximum absolute atomic E-state index is 12.8. The Morgan fingerprint density at radius 1 is 1.12 bits per heavy atom. The van der Waals surface area contributed by atoms with Gasteiger partial charge in [-0.3, -0.25) is 4.79 Å². The van der Waals surface area contributed by atoms with Gasteiger partial charge in [0, 0.05) is 5.69 Å². The summed E-state index contributed by atoms with van der Waals surface area (Å²) in [4.78, 5) is 23.8. The largest absolute Gasteiger partial charge is 0.452 e. The number of rotatable bonds is 6. The van der Waals surface area contributed by atoms with Gasteiger partial charge < -0.3 is 10.1 Å². The van der Waals surface area contributed by atoms with Crippen LogP contribution in [0.2, 0.25) is 0 Å². The molecule has 0 radical (unpaired) electrons. The highest BCUT2D eigenvalue weighted by molar-refractivity contribution is 5.95. The highest BCUT2D eigenvalue weighted by Crippen LogP contribution is 2.26. The van der Waals surface area contributed by atoms with Gasteiger partial charge in [0.05, 0.1) is 5.56 Å². The molecule has 1 N–H and O–H groups in total. The number of ether oxygens (including phenoxy) is 1. The average Bonchev–Trinajstić information content (AvgIpc) is 2.60. The van der Waals surface area contributed by atoms with Gasteiger partial charge >= 0.3 is 5.97 Å². The third-order valence-corrected chi connectivity index (χ3v) is 3.79. The molecular weight excluding hydrogens is 309 g/mol. The Balaban J connectivity index is 1.94. The Labute approximate surface area is 140 Å². The highest BCUT2D eigenvalue weighted by Gasteiger charge is 2.13. The summed E-state index contributed by atoms with van der Waals surface area (Å²) in [7, 11) is 0. The van der Waals surface area contributed by atoms with E-state index >= 15 is 0 Å². The Hall–Kier alpha value is -2.69. The second-order valence-electron chi connectivity index (χ2n) is 5.53. The number of carbonyl (C=O) groups is 2. The smallest absolute Gasteiger partial charge is 0.338 e. The number of hydrogen-bond donors (Lipinski definition) is 1. The zero-order chi connectivity index (χ0) is 17.5. The second-order valence-corrected chi connectivity index (χ2v) is 5.53. The number of anilines is 1. The quantitative estimate of drug-likeness (QED) is 0.811. The highest BCUT2D eigenvalue weighted by atomic mass is 19.1. The van der Waals surface area contributed by atoms with Gasteiger partial charge in [-0.15, -0.1) is 0 Å². The van der Waals surface area contributed by atoms with Gasteiger partial charge in [-0.1, -0.05) is 32.0 Å². The molecule has 0 saturated carbocycles. The molecule has 0 saturated heterocycles. The van der Waals surface area contributed by atoms with Gasteiger partial charge in [0.1, 0.15) is 5.82 Å². The molecule has 24 heavy (non-hydrogen) atoms. The molecule has 126 valence electrons. The van der Waals surface area contributed by atoms with E-state index in [1.165, 1.54) is 24.3 Å². The molecule has 1 atom stereocenters. The van der Waals surface area contributed by atoms with Gasteiger partial charge in [-0.2, -0.15) is 0 Å². The fraction of sp³-hybridized carbons (Fsp3) is 0.263. The lowest BCUT2D eigenvalue weighted by molar-refractivity contribution is -0.119. The van der Waals surface area contributed by atoms with E-state index in [0.29, 0.717) is 5.92 Å². The summed E-state index contributed by atoms with van der Waals surface area (Å²) in [6, 6.07) is 12.5. The molecule has 0 bridgehead atoms. The molecule has 0 aliphatic heterocycles. The lowest BCUT2D eigenvalue weighted by Gasteiger charge is -2.15. The van der Waals surface area contributed by atoms with Crippen molar-refractivity contribution in [1.29, 1.82) is 0 Å². The number of nitrogens with one attached hydrogen (secondary N) is 1. The molecule has 2 aromatic carbocycles. The molecule has 0 spiro atoms. The maximum Gasteiger partial charge on any atom is 0.338 e. The molecule has 0 aliphatic carbocycles. The number of esters is 1. The van der Waals surface area contributed by atoms with Crippen molar-refractivity contribution >= 4 is 17.6 Å². The summed E-state index contributed by atoms with van der Waals surface area (Å²) in [5.41, 5.74) is 1.96. The second kappa shape index (κ2) is 8.24. The van der Waals surface area contributed by atoms with Crippen LogP contribution in [0.4, 0.5) is 10.1 Å². The van der Waals surface area contributed by atoms with Gasteiger partial charge in [0.15, 0.2) is 6.61 Å². The van der Waals surface area contributed by atoms with Gasteiger partial charge in [0.2, 0.25) is 0 Å². The minimum absolute atomic E-state index is 0.198. The van der Waals surface area contributed by atoms with Crippen molar-refractivity contribution in [2.45, 2.75) is 26.2 Å². The van der Waals surface area contributed by atoms with Crippen LogP contribution in [0.25, 0.3) is 0 Å². The van der Waals surface area contributed by atoms with Crippen molar-refractivity contribution in [2.24, 2.45) is 0 Å². The summed E-state index contributed by atoms with van der Waals surface area (Å²) < 4.78 is 17.8. The van der Waals surface area contributed by atoms with Crippen molar-refractivity contribution in [3.63, 3.8) is 0 Å². The summed E-state index contributed by atoms with van der Waals surface area (Å²) >= 11 is 0. The lowest BCUT2D eigenvalue weighted by atomic mass is 9.97. The number of para-hydroxylation sites is 1. The zero-order valence-electron chi connectivity index (χ0n) is 13.7. The summed E-state index contributed by atoms with van der Waals surface area (Å²) in [6.07, 6.45) is 0.951. The molecule has 1 unspecified atom stereocenters. The van der Waals surface area contributed by atoms with Crippen LogP contribution < -0.4 is 5.32 Å². The molecular formula is C19H20FNO3. The van der Waals surface area contributed by atoms with E-state index in [-0.39, 0.29) is 5.56 Å². The molecule has 5 heteroatoms. The third-order valence-electron chi connectivity index (χ3n) is 3.79. The minimum Gasteiger partial charge on any atom is -0.452 e. The average molecular weight is 329 g/mol. The van der Waals surface area contributed by atoms with E-state index in [1.807, 2.05) is 24.3 Å². The van der Waals surface area contributed by atoms with Crippen LogP contribution in [-0.4, -0.2) is 18.5 Å². The number of halogens is 1. The monoisotopic (exact) mass is 329 g/mol. The number of benzene rings is 2. The van der Waals surface area contributed by atoms with Crippen LogP contribution in [0.3, 0.4) is 0 Å². The Morgan fingerprint density at radius 3 is 2.46 bits per heavy atom. The summed E-state index contributed by atoms with van der Waals surface area (Å²) in [6.45, 7) is 3.76. The van der Waals surface area contributed by atoms with Crippen molar-refractivity contribution < 1.29 is 18.7 Å². The standard InChI is InChI=1S/C19H20FNO3/c1-3-13(2)16-6-4-5-7-17(16)21-18(22)12-24-19(23)14-8-10-15(20)11-9-14/h4-11,13H,3,12H2,1-2H3,(H,21,22). The zero-order valence-corrected chi connectivity index (χ0v) is 13.7. The Morgan fingerprint density at radius 2 is 1.79 bits per heavy atom. The van der Waals surface area contributed by atoms with Crippen LogP contribution in [0.15, 0.2) is 48.5 Å². The van der Waals surface area contributed by atoms with Crippen LogP contribution in [-0.2, 0) is 9.53 Å². The lowest BCUT2D eigenvalue weighted by Crippen LogP contribution is -2.21. The molecule has 2 aromatic rings. The topological polar surface area (TPSA) is 55.4 Å². The van der Waals surface area contributed by atoms with E-state index in [4.69, 9.17) is 4.74 Å². The van der Waals surface area contributed by atoms with Crippen molar-refractivity contribution in [2.75, 3.05) is 11.9 Å². The summed E-state index contributed by atoms with van der Waals surface area (Å²) in [5, 5.41) is 2.77. The Bertz CT molecular complexity index is 713. The minimum atomic E-state index is -0.666. The van der Waals surface area contributed by atoms with Gasteiger partial charge in [-0.25, -0.2) is 9.18 Å². The van der Waals surface area contributed by atoms with E-state index in [1.54, 1.807) is 0 Å². The van der Waals surface area contributed by atoms with E-state index in [0.717, 1.165) is 17.7 Å². The molecule has 0 aromatic heterocycles. The first-order valence-corrected chi connectivity index (χ1v) is 7.82. The first-order valence-electron chi connectivity index (χ1n) is 7.82. The van der Waals surface area contributed by atoms with E-state index < -0.39 is 24.3 Å². The van der Waals surface area contributed by atoms with Crippen LogP contribution in [0.1, 0.15) is 42.1 Å². The molecule has 0 heterocycles. The predicted molar refractivity (Wildman–Crippen MR) is 90.5 cm³/mol. The van der Waals surface area contributed by atoms with Gasteiger partial charge in [-0.05, 0) is 48.2 Å². The molecule has 0 aliphatic rings. The first-order chi connectivity index (χ1) is 11.5. The van der Waals surface area contributed by atoms with Crippen molar-refractivity contribution in [1.82, 2.24) is 0 Å². The first kappa shape index (κ1) is 17.7. The van der Waals surface area contributed by atoms with Crippen molar-refractivity contribution in [3.05, 3.63) is 65.5 Å². The fourth-order valence-corrected chi connectivity index (χ4v) is 2.25. The number of carbonyl (C=O) groups excluding carboxylic acids is 2. The maximum atomic E-state index is 12.8. The van der Waals surface area contributed by atoms with E-state index in [2.05, 4.69) is 19.2 Å². The summed E-state index contributed by atoms with van der Waals surface area (Å²) in [5.74, 6) is -1.21. The van der Waals surface area contributed by atoms with E-state index in [9.17, 15) is 14.0 Å². The molecule has 2 rings (SSSR count). The normalized spacial score (nSPS) is 11.6. The van der Waals surface area contributed by atoms with Crippen LogP contribution in [0.5, 0.6) is 0 Å². The molecule has 0 fully saturated rings. The Kier molecular flexibility index (Phi) is 6.07. The van der Waals surface area contributed by atoms with Crippen molar-refractivity contribution in [3.8, 4) is 0 Å². The van der Waals surface area contributed by atoms with Crippen LogP contribution in [0, 0.1) is 5.82 Å². The molecule has 1 amide bonds. The molecule has 4 nitrogen and oxygen atoms in total. The number of hydrogen-bond acceptors (Lipinski definition) is 3. The predicted octanol–water partition coefficient (Wildman–Crippen LogP) is 4.13.